The van der Waals surface area contributed by atoms with E-state index in [1.54, 1.807) is 45.0 Å². The molecule has 276 valence electrons. The van der Waals surface area contributed by atoms with E-state index in [1.165, 1.54) is 30.3 Å². The maximum atomic E-state index is 14.2. The highest BCUT2D eigenvalue weighted by molar-refractivity contribution is 5.89. The predicted molar refractivity (Wildman–Crippen MR) is 185 cm³/mol. The van der Waals surface area contributed by atoms with Crippen molar-refractivity contribution in [1.82, 2.24) is 5.32 Å². The Morgan fingerprint density at radius 1 is 0.811 bits per heavy atom. The SMILES string of the molecule is COC(=O)c1ccc(Oc2c(C(F)(F)F)oc3cc(OC(=O)[C@@H](Cc4ccc(OCc5ccccc5)cc4)NC(=O)OC(C)(C)C)ccc3c2=O)cc1. The summed E-state index contributed by atoms with van der Waals surface area (Å²) in [5.74, 6) is -4.43. The van der Waals surface area contributed by atoms with Crippen LogP contribution in [0.1, 0.15) is 48.0 Å². The Bertz CT molecular complexity index is 2140. The first-order chi connectivity index (χ1) is 25.1. The third kappa shape index (κ3) is 10.2. The first-order valence-corrected chi connectivity index (χ1v) is 16.1. The molecule has 0 saturated heterocycles. The molecule has 0 fully saturated rings. The number of benzene rings is 4. The van der Waals surface area contributed by atoms with Crippen molar-refractivity contribution >= 4 is 29.0 Å². The van der Waals surface area contributed by atoms with Gasteiger partial charge in [-0.05, 0) is 80.4 Å². The molecule has 5 rings (SSSR count). The highest BCUT2D eigenvalue weighted by Crippen LogP contribution is 2.39. The second-order valence-electron chi connectivity index (χ2n) is 12.6. The minimum Gasteiger partial charge on any atom is -0.489 e. The van der Waals surface area contributed by atoms with Crippen LogP contribution in [0.15, 0.2) is 106 Å². The zero-order valence-electron chi connectivity index (χ0n) is 28.9. The van der Waals surface area contributed by atoms with E-state index < -0.39 is 58.4 Å². The Hall–Kier alpha value is -6.31. The Balaban J connectivity index is 1.38. The van der Waals surface area contributed by atoms with Crippen molar-refractivity contribution in [3.05, 3.63) is 130 Å². The number of hydrogen-bond acceptors (Lipinski definition) is 10. The van der Waals surface area contributed by atoms with Crippen LogP contribution < -0.4 is 25.0 Å². The predicted octanol–water partition coefficient (Wildman–Crippen LogP) is 8.01. The van der Waals surface area contributed by atoms with Gasteiger partial charge in [0.25, 0.3) is 5.76 Å². The Morgan fingerprint density at radius 3 is 2.08 bits per heavy atom. The molecule has 0 saturated carbocycles. The van der Waals surface area contributed by atoms with Crippen molar-refractivity contribution in [3.63, 3.8) is 0 Å². The van der Waals surface area contributed by atoms with Gasteiger partial charge in [-0.3, -0.25) is 4.79 Å². The molecule has 53 heavy (non-hydrogen) atoms. The molecule has 0 aliphatic heterocycles. The summed E-state index contributed by atoms with van der Waals surface area (Å²) in [6.45, 7) is 5.27. The molecular weight excluding hydrogens is 699 g/mol. The van der Waals surface area contributed by atoms with Gasteiger partial charge in [-0.1, -0.05) is 42.5 Å². The number of alkyl halides is 3. The molecule has 0 aliphatic rings. The number of esters is 2. The number of halogens is 3. The maximum absolute atomic E-state index is 14.2. The molecule has 0 bridgehead atoms. The van der Waals surface area contributed by atoms with E-state index in [1.807, 2.05) is 30.3 Å². The molecule has 1 aromatic heterocycles. The summed E-state index contributed by atoms with van der Waals surface area (Å²) in [7, 11) is 1.16. The van der Waals surface area contributed by atoms with E-state index in [0.29, 0.717) is 17.9 Å². The van der Waals surface area contributed by atoms with Crippen LogP contribution in [0, 0.1) is 0 Å². The van der Waals surface area contributed by atoms with Gasteiger partial charge in [0.1, 0.15) is 41.1 Å². The second-order valence-corrected chi connectivity index (χ2v) is 12.6. The fraction of sp³-hybridized carbons (Fsp3) is 0.231. The molecule has 1 heterocycles. The van der Waals surface area contributed by atoms with E-state index in [9.17, 15) is 32.3 Å². The lowest BCUT2D eigenvalue weighted by Gasteiger charge is -2.23. The number of nitrogens with one attached hydrogen (secondary N) is 1. The molecule has 1 atom stereocenters. The van der Waals surface area contributed by atoms with E-state index in [-0.39, 0.29) is 28.9 Å². The summed E-state index contributed by atoms with van der Waals surface area (Å²) in [6.07, 6.45) is -6.14. The van der Waals surface area contributed by atoms with Crippen molar-refractivity contribution in [2.24, 2.45) is 0 Å². The highest BCUT2D eigenvalue weighted by Gasteiger charge is 2.40. The lowest BCUT2D eigenvalue weighted by molar-refractivity contribution is -0.154. The van der Waals surface area contributed by atoms with Crippen molar-refractivity contribution in [2.45, 2.75) is 51.6 Å². The van der Waals surface area contributed by atoms with Gasteiger partial charge < -0.3 is 33.4 Å². The van der Waals surface area contributed by atoms with Gasteiger partial charge in [0.05, 0.1) is 18.1 Å². The van der Waals surface area contributed by atoms with Crippen LogP contribution in [0.3, 0.4) is 0 Å². The topological polar surface area (TPSA) is 140 Å². The number of ether oxygens (including phenoxy) is 5. The number of carbonyl (C=O) groups is 3. The number of hydrogen-bond donors (Lipinski definition) is 1. The van der Waals surface area contributed by atoms with Crippen LogP contribution in [0.2, 0.25) is 0 Å². The minimum absolute atomic E-state index is 0.0563. The molecule has 0 spiro atoms. The summed E-state index contributed by atoms with van der Waals surface area (Å²) in [5.41, 5.74) is -0.910. The molecule has 0 radical (unpaired) electrons. The number of carbonyl (C=O) groups excluding carboxylic acids is 3. The van der Waals surface area contributed by atoms with Crippen LogP contribution in [-0.4, -0.2) is 36.8 Å². The lowest BCUT2D eigenvalue weighted by Crippen LogP contribution is -2.46. The van der Waals surface area contributed by atoms with Crippen molar-refractivity contribution in [3.8, 4) is 23.0 Å². The standard InChI is InChI=1S/C39H34F3NO10/c1-38(2,3)53-37(47)43-30(20-23-10-14-26(15-11-23)49-22-24-8-6-5-7-9-24)36(46)51-28-18-19-29-31(21-28)52-34(39(40,41)42)33(32(29)44)50-27-16-12-25(13-17-27)35(45)48-4/h5-19,21,30H,20,22H2,1-4H3,(H,43,47)/t30-/m1/s1. The van der Waals surface area contributed by atoms with Gasteiger partial charge in [0, 0.05) is 12.5 Å². The minimum atomic E-state index is -5.17. The number of rotatable bonds is 11. The molecule has 11 nitrogen and oxygen atoms in total. The fourth-order valence-electron chi connectivity index (χ4n) is 4.92. The van der Waals surface area contributed by atoms with Gasteiger partial charge in [-0.15, -0.1) is 0 Å². The Kier molecular flexibility index (Phi) is 11.4. The zero-order chi connectivity index (χ0) is 38.3. The van der Waals surface area contributed by atoms with Gasteiger partial charge in [0.15, 0.2) is 0 Å². The third-order valence-electron chi connectivity index (χ3n) is 7.38. The molecule has 14 heteroatoms. The molecule has 1 amide bonds. The highest BCUT2D eigenvalue weighted by atomic mass is 19.4. The van der Waals surface area contributed by atoms with E-state index in [2.05, 4.69) is 10.1 Å². The van der Waals surface area contributed by atoms with Gasteiger partial charge >= 0.3 is 24.2 Å². The summed E-state index contributed by atoms with van der Waals surface area (Å²) in [4.78, 5) is 51.2. The van der Waals surface area contributed by atoms with Gasteiger partial charge in [-0.2, -0.15) is 13.2 Å². The maximum Gasteiger partial charge on any atom is 0.453 e. The first-order valence-electron chi connectivity index (χ1n) is 16.1. The largest absolute Gasteiger partial charge is 0.489 e. The van der Waals surface area contributed by atoms with Crippen LogP contribution in [0.25, 0.3) is 11.0 Å². The molecule has 1 N–H and O–H groups in total. The molecule has 4 aromatic carbocycles. The molecule has 0 unspecified atom stereocenters. The average molecular weight is 734 g/mol. The van der Waals surface area contributed by atoms with Crippen molar-refractivity contribution in [1.29, 1.82) is 0 Å². The molecule has 0 aliphatic carbocycles. The summed E-state index contributed by atoms with van der Waals surface area (Å²) in [6, 6.07) is 23.2. The van der Waals surface area contributed by atoms with Crippen LogP contribution in [-0.2, 0) is 33.5 Å². The van der Waals surface area contributed by atoms with Gasteiger partial charge in [0.2, 0.25) is 11.2 Å². The smallest absolute Gasteiger partial charge is 0.453 e. The number of amides is 1. The monoisotopic (exact) mass is 733 g/mol. The summed E-state index contributed by atoms with van der Waals surface area (Å²) in [5, 5.41) is 2.18. The van der Waals surface area contributed by atoms with E-state index in [4.69, 9.17) is 23.4 Å². The lowest BCUT2D eigenvalue weighted by atomic mass is 10.1. The first kappa shape index (κ1) is 37.9. The fourth-order valence-corrected chi connectivity index (χ4v) is 4.92. The number of alkyl carbamates (subject to hydrolysis) is 1. The van der Waals surface area contributed by atoms with E-state index in [0.717, 1.165) is 24.8 Å². The van der Waals surface area contributed by atoms with E-state index >= 15 is 0 Å². The van der Waals surface area contributed by atoms with Crippen LogP contribution in [0.4, 0.5) is 18.0 Å². The quantitative estimate of drug-likeness (QED) is 0.105. The molecular formula is C39H34F3NO10. The second kappa shape index (κ2) is 15.9. The summed E-state index contributed by atoms with van der Waals surface area (Å²) >= 11 is 0. The summed E-state index contributed by atoms with van der Waals surface area (Å²) < 4.78 is 74.2. The van der Waals surface area contributed by atoms with Crippen molar-refractivity contribution < 1.29 is 55.7 Å². The Morgan fingerprint density at radius 2 is 1.45 bits per heavy atom. The number of fused-ring (bicyclic) bond motifs is 1. The third-order valence-corrected chi connectivity index (χ3v) is 7.38. The van der Waals surface area contributed by atoms with Crippen molar-refractivity contribution in [2.75, 3.05) is 7.11 Å². The molecule has 5 aromatic rings. The van der Waals surface area contributed by atoms with Gasteiger partial charge in [-0.25, -0.2) is 14.4 Å². The zero-order valence-corrected chi connectivity index (χ0v) is 28.9. The average Bonchev–Trinajstić information content (AvgIpc) is 3.11. The van der Waals surface area contributed by atoms with Crippen LogP contribution in [0.5, 0.6) is 23.0 Å². The van der Waals surface area contributed by atoms with Crippen LogP contribution >= 0.6 is 0 Å². The Labute approximate surface area is 301 Å². The normalized spacial score (nSPS) is 12.1. The number of methoxy groups -OCH3 is 1.